The van der Waals surface area contributed by atoms with Crippen LogP contribution in [0.2, 0.25) is 0 Å². The zero-order valence-electron chi connectivity index (χ0n) is 13.9. The molecule has 4 nitrogen and oxygen atoms in total. The van der Waals surface area contributed by atoms with Gasteiger partial charge in [0, 0.05) is 44.8 Å². The third-order valence-corrected chi connectivity index (χ3v) is 4.24. The van der Waals surface area contributed by atoms with Gasteiger partial charge in [-0.15, -0.1) is 0 Å². The van der Waals surface area contributed by atoms with E-state index in [1.807, 2.05) is 12.1 Å². The van der Waals surface area contributed by atoms with Crippen LogP contribution in [0.5, 0.6) is 5.75 Å². The van der Waals surface area contributed by atoms with Crippen LogP contribution < -0.4 is 10.1 Å². The average Bonchev–Trinajstić information content (AvgIpc) is 2.48. The molecule has 1 heterocycles. The van der Waals surface area contributed by atoms with Gasteiger partial charge in [0.15, 0.2) is 0 Å². The lowest BCUT2D eigenvalue weighted by atomic mass is 10.0. The molecule has 0 aliphatic carbocycles. The molecule has 1 aromatic rings. The highest BCUT2D eigenvalue weighted by Gasteiger charge is 2.28. The van der Waals surface area contributed by atoms with E-state index in [4.69, 9.17) is 4.74 Å². The Hall–Kier alpha value is -1.10. The molecule has 1 aliphatic heterocycles. The van der Waals surface area contributed by atoms with Crippen molar-refractivity contribution in [3.63, 3.8) is 0 Å². The molecule has 1 aliphatic rings. The van der Waals surface area contributed by atoms with E-state index in [0.29, 0.717) is 0 Å². The van der Waals surface area contributed by atoms with Crippen molar-refractivity contribution in [1.82, 2.24) is 15.1 Å². The van der Waals surface area contributed by atoms with Crippen LogP contribution in [0.15, 0.2) is 24.3 Å². The molecule has 0 spiro atoms. The third-order valence-electron chi connectivity index (χ3n) is 4.24. The number of ether oxygens (including phenoxy) is 1. The number of likely N-dealkylation sites (N-methyl/N-ethyl adjacent to an activating group) is 1. The van der Waals surface area contributed by atoms with Crippen LogP contribution >= 0.6 is 0 Å². The van der Waals surface area contributed by atoms with Gasteiger partial charge in [0.05, 0.1) is 7.11 Å². The Balaban J connectivity index is 1.88. The molecule has 0 saturated carbocycles. The van der Waals surface area contributed by atoms with Gasteiger partial charge in [-0.05, 0) is 38.6 Å². The van der Waals surface area contributed by atoms with E-state index >= 15 is 0 Å². The summed E-state index contributed by atoms with van der Waals surface area (Å²) < 4.78 is 5.21. The number of nitrogens with zero attached hydrogens (tertiary/aromatic N) is 2. The van der Waals surface area contributed by atoms with Gasteiger partial charge in [0.2, 0.25) is 0 Å². The Bertz CT molecular complexity index is 424. The first-order valence-electron chi connectivity index (χ1n) is 7.78. The SMILES string of the molecule is COc1ccc(CN(C)CC(C)(C)N2CCNCC2)cc1. The maximum atomic E-state index is 5.21. The number of methoxy groups -OCH3 is 1. The van der Waals surface area contributed by atoms with Gasteiger partial charge in [0.1, 0.15) is 5.75 Å². The van der Waals surface area contributed by atoms with Gasteiger partial charge >= 0.3 is 0 Å². The summed E-state index contributed by atoms with van der Waals surface area (Å²) in [6.45, 7) is 11.2. The second kappa shape index (κ2) is 7.25. The van der Waals surface area contributed by atoms with E-state index in [1.54, 1.807) is 7.11 Å². The molecule has 1 fully saturated rings. The van der Waals surface area contributed by atoms with Crippen LogP contribution in [-0.2, 0) is 6.54 Å². The minimum atomic E-state index is 0.212. The number of hydrogen-bond donors (Lipinski definition) is 1. The lowest BCUT2D eigenvalue weighted by Gasteiger charge is -2.43. The maximum absolute atomic E-state index is 5.21. The molecule has 2 rings (SSSR count). The number of rotatable bonds is 6. The fraction of sp³-hybridized carbons (Fsp3) is 0.647. The minimum Gasteiger partial charge on any atom is -0.497 e. The first-order chi connectivity index (χ1) is 10.0. The molecule has 0 unspecified atom stereocenters. The number of benzene rings is 1. The number of piperazine rings is 1. The van der Waals surface area contributed by atoms with Crippen molar-refractivity contribution in [2.75, 3.05) is 46.9 Å². The van der Waals surface area contributed by atoms with Gasteiger partial charge in [0.25, 0.3) is 0 Å². The van der Waals surface area contributed by atoms with Gasteiger partial charge in [-0.25, -0.2) is 0 Å². The highest BCUT2D eigenvalue weighted by Crippen LogP contribution is 2.18. The van der Waals surface area contributed by atoms with Crippen molar-refractivity contribution in [1.29, 1.82) is 0 Å². The van der Waals surface area contributed by atoms with Gasteiger partial charge < -0.3 is 15.0 Å². The smallest absolute Gasteiger partial charge is 0.118 e. The molecule has 1 N–H and O–H groups in total. The van der Waals surface area contributed by atoms with Crippen molar-refractivity contribution in [3.05, 3.63) is 29.8 Å². The molecule has 118 valence electrons. The summed E-state index contributed by atoms with van der Waals surface area (Å²) in [5, 5.41) is 3.42. The molecular formula is C17H29N3O. The first-order valence-corrected chi connectivity index (χ1v) is 7.78. The van der Waals surface area contributed by atoms with Crippen LogP contribution in [0.3, 0.4) is 0 Å². The van der Waals surface area contributed by atoms with Crippen molar-refractivity contribution < 1.29 is 4.74 Å². The van der Waals surface area contributed by atoms with E-state index in [0.717, 1.165) is 45.0 Å². The van der Waals surface area contributed by atoms with E-state index in [9.17, 15) is 0 Å². The summed E-state index contributed by atoms with van der Waals surface area (Å²) in [6.07, 6.45) is 0. The summed E-state index contributed by atoms with van der Waals surface area (Å²) in [4.78, 5) is 5.00. The molecule has 0 aromatic heterocycles. The Morgan fingerprint density at radius 1 is 1.19 bits per heavy atom. The average molecular weight is 291 g/mol. The Labute approximate surface area is 129 Å². The highest BCUT2D eigenvalue weighted by molar-refractivity contribution is 5.27. The summed E-state index contributed by atoms with van der Waals surface area (Å²) in [7, 11) is 3.91. The molecule has 0 amide bonds. The van der Waals surface area contributed by atoms with Crippen LogP contribution in [0, 0.1) is 0 Å². The fourth-order valence-electron chi connectivity index (χ4n) is 3.13. The molecule has 0 radical (unpaired) electrons. The van der Waals surface area contributed by atoms with Crippen molar-refractivity contribution >= 4 is 0 Å². The number of hydrogen-bond acceptors (Lipinski definition) is 4. The summed E-state index contributed by atoms with van der Waals surface area (Å²) >= 11 is 0. The summed E-state index contributed by atoms with van der Waals surface area (Å²) in [5.41, 5.74) is 1.54. The second-order valence-electron chi connectivity index (χ2n) is 6.57. The molecular weight excluding hydrogens is 262 g/mol. The first kappa shape index (κ1) is 16.3. The molecule has 1 saturated heterocycles. The zero-order chi connectivity index (χ0) is 15.3. The Kier molecular flexibility index (Phi) is 5.62. The highest BCUT2D eigenvalue weighted by atomic mass is 16.5. The molecule has 0 bridgehead atoms. The lowest BCUT2D eigenvalue weighted by molar-refractivity contribution is 0.0693. The van der Waals surface area contributed by atoms with Crippen molar-refractivity contribution in [2.24, 2.45) is 0 Å². The molecule has 21 heavy (non-hydrogen) atoms. The Morgan fingerprint density at radius 2 is 1.81 bits per heavy atom. The Morgan fingerprint density at radius 3 is 2.38 bits per heavy atom. The van der Waals surface area contributed by atoms with Gasteiger partial charge in [-0.2, -0.15) is 0 Å². The monoisotopic (exact) mass is 291 g/mol. The second-order valence-corrected chi connectivity index (χ2v) is 6.57. The fourth-order valence-corrected chi connectivity index (χ4v) is 3.13. The lowest BCUT2D eigenvalue weighted by Crippen LogP contribution is -2.57. The standard InChI is InChI=1S/C17H29N3O/c1-17(2,20-11-9-18-10-12-20)14-19(3)13-15-5-7-16(21-4)8-6-15/h5-8,18H,9-14H2,1-4H3. The predicted octanol–water partition coefficient (Wildman–Crippen LogP) is 1.81. The summed E-state index contributed by atoms with van der Waals surface area (Å²) in [5.74, 6) is 0.919. The maximum Gasteiger partial charge on any atom is 0.118 e. The van der Waals surface area contributed by atoms with E-state index in [-0.39, 0.29) is 5.54 Å². The third kappa shape index (κ3) is 4.70. The van der Waals surface area contributed by atoms with Crippen LogP contribution in [0.4, 0.5) is 0 Å². The van der Waals surface area contributed by atoms with E-state index in [1.165, 1.54) is 5.56 Å². The van der Waals surface area contributed by atoms with Crippen LogP contribution in [0.1, 0.15) is 19.4 Å². The van der Waals surface area contributed by atoms with E-state index in [2.05, 4.69) is 48.1 Å². The minimum absolute atomic E-state index is 0.212. The van der Waals surface area contributed by atoms with E-state index < -0.39 is 0 Å². The quantitative estimate of drug-likeness (QED) is 0.865. The number of nitrogens with one attached hydrogen (secondary N) is 1. The van der Waals surface area contributed by atoms with Crippen LogP contribution in [0.25, 0.3) is 0 Å². The van der Waals surface area contributed by atoms with Gasteiger partial charge in [-0.3, -0.25) is 4.90 Å². The van der Waals surface area contributed by atoms with Crippen molar-refractivity contribution in [2.45, 2.75) is 25.9 Å². The normalized spacial score (nSPS) is 17.2. The predicted molar refractivity (Wildman–Crippen MR) is 87.8 cm³/mol. The summed E-state index contributed by atoms with van der Waals surface area (Å²) in [6, 6.07) is 8.36. The molecule has 0 atom stereocenters. The topological polar surface area (TPSA) is 27.7 Å². The van der Waals surface area contributed by atoms with Gasteiger partial charge in [-0.1, -0.05) is 12.1 Å². The van der Waals surface area contributed by atoms with Crippen molar-refractivity contribution in [3.8, 4) is 5.75 Å². The molecule has 1 aromatic carbocycles. The zero-order valence-corrected chi connectivity index (χ0v) is 13.9. The molecule has 4 heteroatoms. The largest absolute Gasteiger partial charge is 0.497 e. The van der Waals surface area contributed by atoms with Crippen LogP contribution in [-0.4, -0.2) is 62.2 Å².